The molecule has 1 amide bonds. The topological polar surface area (TPSA) is 66.5 Å². The van der Waals surface area contributed by atoms with Crippen molar-refractivity contribution >= 4 is 33.2 Å². The Kier molecular flexibility index (Phi) is 7.22. The Morgan fingerprint density at radius 1 is 0.938 bits per heavy atom. The summed E-state index contributed by atoms with van der Waals surface area (Å²) in [6.45, 7) is 1.02. The number of hydrogen-bond donors (Lipinski definition) is 1. The van der Waals surface area contributed by atoms with Gasteiger partial charge < -0.3 is 5.32 Å². The standard InChI is InChI=1S/C22H18ClF3N2O3S/c1-14-2-4-15(5-3-14)12-28(32(30,31)17-8-6-16(23)7-9-17)13-20(29)27-19-11-10-18(24)21(25)22(19)26/h2-11H,12-13H2,1H3,(H,27,29). The number of sulfonamides is 1. The maximum Gasteiger partial charge on any atom is 0.243 e. The minimum atomic E-state index is -4.15. The van der Waals surface area contributed by atoms with Crippen molar-refractivity contribution < 1.29 is 26.4 Å². The van der Waals surface area contributed by atoms with Crippen molar-refractivity contribution in [2.45, 2.75) is 18.4 Å². The van der Waals surface area contributed by atoms with Crippen LogP contribution in [-0.2, 0) is 21.4 Å². The van der Waals surface area contributed by atoms with E-state index in [4.69, 9.17) is 11.6 Å². The highest BCUT2D eigenvalue weighted by Crippen LogP contribution is 2.22. The second-order valence-corrected chi connectivity index (χ2v) is 9.36. The van der Waals surface area contributed by atoms with E-state index in [0.29, 0.717) is 16.7 Å². The lowest BCUT2D eigenvalue weighted by molar-refractivity contribution is -0.116. The lowest BCUT2D eigenvalue weighted by Crippen LogP contribution is -2.37. The number of benzene rings is 3. The van der Waals surface area contributed by atoms with Gasteiger partial charge >= 0.3 is 0 Å². The third-order valence-corrected chi connectivity index (χ3v) is 6.62. The molecule has 0 radical (unpaired) electrons. The van der Waals surface area contributed by atoms with Crippen LogP contribution in [0.15, 0.2) is 65.6 Å². The van der Waals surface area contributed by atoms with Gasteiger partial charge in [0.2, 0.25) is 15.9 Å². The number of anilines is 1. The summed E-state index contributed by atoms with van der Waals surface area (Å²) in [5.41, 5.74) is 0.973. The smallest absolute Gasteiger partial charge is 0.243 e. The van der Waals surface area contributed by atoms with E-state index in [2.05, 4.69) is 5.32 Å². The summed E-state index contributed by atoms with van der Waals surface area (Å²) in [5, 5.41) is 2.42. The van der Waals surface area contributed by atoms with Gasteiger partial charge in [-0.25, -0.2) is 21.6 Å². The second-order valence-electron chi connectivity index (χ2n) is 6.98. The maximum absolute atomic E-state index is 13.9. The minimum absolute atomic E-state index is 0.0965. The van der Waals surface area contributed by atoms with Crippen molar-refractivity contribution in [1.29, 1.82) is 0 Å². The fourth-order valence-corrected chi connectivity index (χ4v) is 4.36. The molecule has 3 aromatic carbocycles. The van der Waals surface area contributed by atoms with Gasteiger partial charge in [0, 0.05) is 11.6 Å². The lowest BCUT2D eigenvalue weighted by Gasteiger charge is -2.22. The zero-order chi connectivity index (χ0) is 23.5. The molecule has 1 N–H and O–H groups in total. The number of carbonyl (C=O) groups is 1. The molecular weight excluding hydrogens is 465 g/mol. The largest absolute Gasteiger partial charge is 0.322 e. The molecule has 32 heavy (non-hydrogen) atoms. The van der Waals surface area contributed by atoms with Crippen molar-refractivity contribution in [2.75, 3.05) is 11.9 Å². The Hall–Kier alpha value is -2.88. The van der Waals surface area contributed by atoms with Gasteiger partial charge in [-0.05, 0) is 48.9 Å². The highest BCUT2D eigenvalue weighted by atomic mass is 35.5. The first-order chi connectivity index (χ1) is 15.1. The van der Waals surface area contributed by atoms with Crippen molar-refractivity contribution in [1.82, 2.24) is 4.31 Å². The van der Waals surface area contributed by atoms with Gasteiger partial charge in [-0.3, -0.25) is 4.79 Å². The third kappa shape index (κ3) is 5.48. The number of nitrogens with one attached hydrogen (secondary N) is 1. The van der Waals surface area contributed by atoms with Crippen LogP contribution in [0, 0.1) is 24.4 Å². The van der Waals surface area contributed by atoms with Gasteiger partial charge in [-0.15, -0.1) is 0 Å². The quantitative estimate of drug-likeness (QED) is 0.487. The first kappa shape index (κ1) is 23.8. The van der Waals surface area contributed by atoms with Crippen LogP contribution in [0.3, 0.4) is 0 Å². The average molecular weight is 483 g/mol. The van der Waals surface area contributed by atoms with E-state index < -0.39 is 45.6 Å². The summed E-state index contributed by atoms with van der Waals surface area (Å²) in [6, 6.07) is 13.9. The molecule has 168 valence electrons. The number of hydrogen-bond acceptors (Lipinski definition) is 3. The van der Waals surface area contributed by atoms with Crippen molar-refractivity contribution in [3.8, 4) is 0 Å². The third-order valence-electron chi connectivity index (χ3n) is 4.56. The van der Waals surface area contributed by atoms with Crippen LogP contribution in [0.2, 0.25) is 5.02 Å². The Labute approximate surface area is 188 Å². The molecule has 0 fully saturated rings. The highest BCUT2D eigenvalue weighted by Gasteiger charge is 2.27. The normalized spacial score (nSPS) is 11.6. The molecule has 3 aromatic rings. The predicted octanol–water partition coefficient (Wildman–Crippen LogP) is 4.90. The van der Waals surface area contributed by atoms with Crippen molar-refractivity contribution in [3.63, 3.8) is 0 Å². The Balaban J connectivity index is 1.89. The number of halogens is 4. The number of carbonyl (C=O) groups excluding carboxylic acids is 1. The van der Waals surface area contributed by atoms with Crippen LogP contribution in [0.25, 0.3) is 0 Å². The molecule has 0 aliphatic heterocycles. The predicted molar refractivity (Wildman–Crippen MR) is 115 cm³/mol. The highest BCUT2D eigenvalue weighted by molar-refractivity contribution is 7.89. The molecule has 0 heterocycles. The summed E-state index contributed by atoms with van der Waals surface area (Å²) < 4.78 is 67.8. The average Bonchev–Trinajstić information content (AvgIpc) is 2.75. The molecule has 3 rings (SSSR count). The molecule has 0 unspecified atom stereocenters. The van der Waals surface area contributed by atoms with E-state index in [0.717, 1.165) is 15.9 Å². The van der Waals surface area contributed by atoms with Gasteiger partial charge in [0.25, 0.3) is 0 Å². The molecule has 5 nitrogen and oxygen atoms in total. The summed E-state index contributed by atoms with van der Waals surface area (Å²) in [6.07, 6.45) is 0. The number of aryl methyl sites for hydroxylation is 1. The van der Waals surface area contributed by atoms with E-state index in [1.807, 2.05) is 6.92 Å². The van der Waals surface area contributed by atoms with Crippen LogP contribution < -0.4 is 5.32 Å². The van der Waals surface area contributed by atoms with Crippen LogP contribution in [0.5, 0.6) is 0 Å². The molecule has 10 heteroatoms. The Morgan fingerprint density at radius 2 is 1.56 bits per heavy atom. The molecule has 0 aromatic heterocycles. The first-order valence-corrected chi connectivity index (χ1v) is 11.1. The molecule has 0 spiro atoms. The minimum Gasteiger partial charge on any atom is -0.322 e. The summed E-state index contributed by atoms with van der Waals surface area (Å²) in [5.74, 6) is -5.66. The van der Waals surface area contributed by atoms with E-state index in [-0.39, 0.29) is 11.4 Å². The molecule has 0 saturated heterocycles. The Morgan fingerprint density at radius 3 is 2.19 bits per heavy atom. The monoisotopic (exact) mass is 482 g/mol. The second kappa shape index (κ2) is 9.72. The Bertz CT molecular complexity index is 1230. The maximum atomic E-state index is 13.9. The summed E-state index contributed by atoms with van der Waals surface area (Å²) >= 11 is 5.83. The van der Waals surface area contributed by atoms with Crippen LogP contribution >= 0.6 is 11.6 Å². The van der Waals surface area contributed by atoms with Gasteiger partial charge in [0.05, 0.1) is 17.1 Å². The number of amides is 1. The lowest BCUT2D eigenvalue weighted by atomic mass is 10.1. The SMILES string of the molecule is Cc1ccc(CN(CC(=O)Nc2ccc(F)c(F)c2F)S(=O)(=O)c2ccc(Cl)cc2)cc1. The molecule has 0 bridgehead atoms. The van der Waals surface area contributed by atoms with Crippen LogP contribution in [0.1, 0.15) is 11.1 Å². The zero-order valence-electron chi connectivity index (χ0n) is 16.8. The summed E-state index contributed by atoms with van der Waals surface area (Å²) in [4.78, 5) is 12.4. The van der Waals surface area contributed by atoms with E-state index in [1.165, 1.54) is 24.3 Å². The molecular formula is C22H18ClF3N2O3S. The van der Waals surface area contributed by atoms with Crippen molar-refractivity contribution in [3.05, 3.63) is 94.3 Å². The fraction of sp³-hybridized carbons (Fsp3) is 0.136. The summed E-state index contributed by atoms with van der Waals surface area (Å²) in [7, 11) is -4.15. The fourth-order valence-electron chi connectivity index (χ4n) is 2.85. The first-order valence-electron chi connectivity index (χ1n) is 9.32. The molecule has 0 aliphatic carbocycles. The zero-order valence-corrected chi connectivity index (χ0v) is 18.4. The van der Waals surface area contributed by atoms with Crippen LogP contribution in [0.4, 0.5) is 18.9 Å². The van der Waals surface area contributed by atoms with Gasteiger partial charge in [-0.1, -0.05) is 41.4 Å². The number of rotatable bonds is 7. The molecule has 0 aliphatic rings. The molecule has 0 saturated carbocycles. The van der Waals surface area contributed by atoms with Gasteiger partial charge in [0.15, 0.2) is 17.5 Å². The van der Waals surface area contributed by atoms with Gasteiger partial charge in [0.1, 0.15) is 0 Å². The van der Waals surface area contributed by atoms with E-state index in [9.17, 15) is 26.4 Å². The van der Waals surface area contributed by atoms with Gasteiger partial charge in [-0.2, -0.15) is 4.31 Å². The van der Waals surface area contributed by atoms with E-state index in [1.54, 1.807) is 24.3 Å². The van der Waals surface area contributed by atoms with E-state index >= 15 is 0 Å². The van der Waals surface area contributed by atoms with Crippen LogP contribution in [-0.4, -0.2) is 25.2 Å². The number of nitrogens with zero attached hydrogens (tertiary/aromatic N) is 1. The van der Waals surface area contributed by atoms with Crippen molar-refractivity contribution in [2.24, 2.45) is 0 Å². The molecule has 0 atom stereocenters.